The van der Waals surface area contributed by atoms with Gasteiger partial charge in [-0.25, -0.2) is 18.0 Å². The minimum absolute atomic E-state index is 0.0285. The molecule has 0 aromatic rings. The summed E-state index contributed by atoms with van der Waals surface area (Å²) in [6.45, 7) is 1.66. The average molecular weight is 266 g/mol. The summed E-state index contributed by atoms with van der Waals surface area (Å²) in [4.78, 5) is 23.3. The highest BCUT2D eigenvalue weighted by Gasteiger charge is 2.20. The number of amides is 2. The molecule has 0 heterocycles. The number of nitrogens with one attached hydrogen (secondary N) is 1. The number of carboxylic acids is 1. The van der Waals surface area contributed by atoms with Gasteiger partial charge in [-0.3, -0.25) is 0 Å². The van der Waals surface area contributed by atoms with Gasteiger partial charge in [-0.1, -0.05) is 6.92 Å². The molecule has 7 nitrogen and oxygen atoms in total. The maximum absolute atomic E-state index is 11.5. The largest absolute Gasteiger partial charge is 0.480 e. The highest BCUT2D eigenvalue weighted by atomic mass is 32.2. The lowest BCUT2D eigenvalue weighted by Crippen LogP contribution is -2.47. The third-order valence-electron chi connectivity index (χ3n) is 2.15. The van der Waals surface area contributed by atoms with Crippen molar-refractivity contribution in [1.82, 2.24) is 10.2 Å². The second kappa shape index (κ2) is 6.43. The van der Waals surface area contributed by atoms with Gasteiger partial charge in [0.1, 0.15) is 15.9 Å². The van der Waals surface area contributed by atoms with Crippen molar-refractivity contribution in [3.05, 3.63) is 0 Å². The molecule has 0 aliphatic heterocycles. The van der Waals surface area contributed by atoms with E-state index in [9.17, 15) is 18.0 Å². The number of sulfone groups is 1. The third kappa shape index (κ3) is 6.77. The van der Waals surface area contributed by atoms with Gasteiger partial charge >= 0.3 is 12.0 Å². The van der Waals surface area contributed by atoms with Crippen LogP contribution in [-0.2, 0) is 14.6 Å². The van der Waals surface area contributed by atoms with Crippen LogP contribution in [0.25, 0.3) is 0 Å². The zero-order valence-electron chi connectivity index (χ0n) is 10.1. The van der Waals surface area contributed by atoms with Gasteiger partial charge in [0.05, 0.1) is 5.75 Å². The Bertz CT molecular complexity index is 379. The first-order valence-electron chi connectivity index (χ1n) is 5.09. The van der Waals surface area contributed by atoms with Crippen LogP contribution >= 0.6 is 0 Å². The van der Waals surface area contributed by atoms with E-state index in [2.05, 4.69) is 5.32 Å². The number of rotatable bonds is 6. The standard InChI is InChI=1S/C9H18N2O5S/c1-4-7(8(12)13)10-9(14)11(2)5-6-17(3,15)16/h7H,4-6H2,1-3H3,(H,10,14)(H,12,13)/t7-/m0/s1. The minimum atomic E-state index is -3.14. The molecule has 0 spiro atoms. The summed E-state index contributed by atoms with van der Waals surface area (Å²) in [5.41, 5.74) is 0. The molecular weight excluding hydrogens is 248 g/mol. The molecule has 0 saturated carbocycles. The molecule has 0 rings (SSSR count). The maximum atomic E-state index is 11.5. The van der Waals surface area contributed by atoms with Crippen LogP contribution in [0.5, 0.6) is 0 Å². The highest BCUT2D eigenvalue weighted by Crippen LogP contribution is 1.94. The Labute approximate surface area is 101 Å². The van der Waals surface area contributed by atoms with Crippen LogP contribution in [0.4, 0.5) is 4.79 Å². The monoisotopic (exact) mass is 266 g/mol. The van der Waals surface area contributed by atoms with Gasteiger partial charge in [0.2, 0.25) is 0 Å². The fourth-order valence-electron chi connectivity index (χ4n) is 1.00. The maximum Gasteiger partial charge on any atom is 0.326 e. The summed E-state index contributed by atoms with van der Waals surface area (Å²) in [5, 5.41) is 11.0. The van der Waals surface area contributed by atoms with Crippen molar-refractivity contribution in [1.29, 1.82) is 0 Å². The van der Waals surface area contributed by atoms with Crippen molar-refractivity contribution in [2.75, 3.05) is 25.6 Å². The van der Waals surface area contributed by atoms with E-state index in [1.165, 1.54) is 7.05 Å². The van der Waals surface area contributed by atoms with Gasteiger partial charge in [0, 0.05) is 19.8 Å². The third-order valence-corrected chi connectivity index (χ3v) is 3.07. The number of aliphatic carboxylic acids is 1. The summed E-state index contributed by atoms with van der Waals surface area (Å²) in [6, 6.07) is -1.55. The van der Waals surface area contributed by atoms with E-state index in [4.69, 9.17) is 5.11 Å². The SMILES string of the molecule is CC[C@H](NC(=O)N(C)CCS(C)(=O)=O)C(=O)O. The Morgan fingerprint density at radius 2 is 1.94 bits per heavy atom. The van der Waals surface area contributed by atoms with Crippen molar-refractivity contribution >= 4 is 21.8 Å². The zero-order chi connectivity index (χ0) is 13.6. The van der Waals surface area contributed by atoms with Gasteiger partial charge < -0.3 is 15.3 Å². The van der Waals surface area contributed by atoms with Gasteiger partial charge in [-0.2, -0.15) is 0 Å². The minimum Gasteiger partial charge on any atom is -0.480 e. The predicted molar refractivity (Wildman–Crippen MR) is 62.6 cm³/mol. The molecule has 0 aromatic carbocycles. The summed E-state index contributed by atoms with van der Waals surface area (Å²) in [6.07, 6.45) is 1.34. The smallest absolute Gasteiger partial charge is 0.326 e. The fraction of sp³-hybridized carbons (Fsp3) is 0.778. The van der Waals surface area contributed by atoms with Crippen LogP contribution < -0.4 is 5.32 Å². The average Bonchev–Trinajstić information content (AvgIpc) is 2.20. The molecule has 2 N–H and O–H groups in total. The second-order valence-corrected chi connectivity index (χ2v) is 6.06. The van der Waals surface area contributed by atoms with Crippen molar-refractivity contribution in [3.63, 3.8) is 0 Å². The van der Waals surface area contributed by atoms with E-state index in [0.29, 0.717) is 0 Å². The van der Waals surface area contributed by atoms with Crippen LogP contribution in [0.1, 0.15) is 13.3 Å². The lowest BCUT2D eigenvalue weighted by atomic mass is 10.2. The molecule has 1 atom stereocenters. The molecule has 0 unspecified atom stereocenters. The number of hydrogen-bond acceptors (Lipinski definition) is 4. The molecule has 100 valence electrons. The molecule has 0 aromatic heterocycles. The summed E-state index contributed by atoms with van der Waals surface area (Å²) < 4.78 is 21.8. The number of hydrogen-bond donors (Lipinski definition) is 2. The Morgan fingerprint density at radius 1 is 1.41 bits per heavy atom. The number of urea groups is 1. The van der Waals surface area contributed by atoms with E-state index in [0.717, 1.165) is 11.2 Å². The first-order chi connectivity index (χ1) is 7.67. The Morgan fingerprint density at radius 3 is 2.29 bits per heavy atom. The van der Waals surface area contributed by atoms with E-state index in [1.54, 1.807) is 6.92 Å². The quantitative estimate of drug-likeness (QED) is 0.676. The van der Waals surface area contributed by atoms with Crippen molar-refractivity contribution in [3.8, 4) is 0 Å². The molecule has 17 heavy (non-hydrogen) atoms. The van der Waals surface area contributed by atoms with E-state index in [1.807, 2.05) is 0 Å². The molecule has 0 radical (unpaired) electrons. The molecular formula is C9H18N2O5S. The van der Waals surface area contributed by atoms with E-state index >= 15 is 0 Å². The number of carbonyl (C=O) groups excluding carboxylic acids is 1. The van der Waals surface area contributed by atoms with E-state index in [-0.39, 0.29) is 18.7 Å². The fourth-order valence-corrected chi connectivity index (χ4v) is 1.61. The number of carbonyl (C=O) groups is 2. The lowest BCUT2D eigenvalue weighted by molar-refractivity contribution is -0.139. The van der Waals surface area contributed by atoms with Crippen molar-refractivity contribution in [2.45, 2.75) is 19.4 Å². The first kappa shape index (κ1) is 15.7. The summed E-state index contributed by atoms with van der Waals surface area (Å²) in [7, 11) is -1.73. The van der Waals surface area contributed by atoms with Crippen LogP contribution in [0.15, 0.2) is 0 Å². The molecule has 0 aliphatic rings. The Balaban J connectivity index is 4.27. The van der Waals surface area contributed by atoms with Gasteiger partial charge in [0.25, 0.3) is 0 Å². The molecule has 2 amide bonds. The first-order valence-corrected chi connectivity index (χ1v) is 7.15. The van der Waals surface area contributed by atoms with Crippen molar-refractivity contribution in [2.24, 2.45) is 0 Å². The molecule has 0 fully saturated rings. The predicted octanol–water partition coefficient (Wildman–Crippen LogP) is -0.464. The normalized spacial score (nSPS) is 12.9. The molecule has 8 heteroatoms. The molecule has 0 aliphatic carbocycles. The zero-order valence-corrected chi connectivity index (χ0v) is 11.0. The van der Waals surface area contributed by atoms with Crippen molar-refractivity contribution < 1.29 is 23.1 Å². The summed E-state index contributed by atoms with van der Waals surface area (Å²) >= 11 is 0. The topological polar surface area (TPSA) is 104 Å². The van der Waals surface area contributed by atoms with Crippen LogP contribution in [0.3, 0.4) is 0 Å². The Hall–Kier alpha value is -1.31. The van der Waals surface area contributed by atoms with Gasteiger partial charge in [0.15, 0.2) is 0 Å². The van der Waals surface area contributed by atoms with Gasteiger partial charge in [-0.05, 0) is 6.42 Å². The summed E-state index contributed by atoms with van der Waals surface area (Å²) in [5.74, 6) is -1.27. The van der Waals surface area contributed by atoms with Crippen LogP contribution in [-0.4, -0.2) is 62.1 Å². The van der Waals surface area contributed by atoms with Crippen LogP contribution in [0, 0.1) is 0 Å². The molecule has 0 bridgehead atoms. The van der Waals surface area contributed by atoms with E-state index < -0.39 is 27.9 Å². The van der Waals surface area contributed by atoms with Gasteiger partial charge in [-0.15, -0.1) is 0 Å². The van der Waals surface area contributed by atoms with Crippen LogP contribution in [0.2, 0.25) is 0 Å². The Kier molecular flexibility index (Phi) is 5.94. The highest BCUT2D eigenvalue weighted by molar-refractivity contribution is 7.90. The second-order valence-electron chi connectivity index (χ2n) is 3.80. The lowest BCUT2D eigenvalue weighted by Gasteiger charge is -2.20. The number of carboxylic acid groups (broad SMARTS) is 1. The number of nitrogens with zero attached hydrogens (tertiary/aromatic N) is 1. The molecule has 0 saturated heterocycles.